The van der Waals surface area contributed by atoms with Gasteiger partial charge < -0.3 is 5.32 Å². The number of hydrogen-bond donors (Lipinski definition) is 1. The molecule has 2 rings (SSSR count). The first kappa shape index (κ1) is 13.5. The van der Waals surface area contributed by atoms with Gasteiger partial charge in [0.15, 0.2) is 5.82 Å². The number of halogens is 3. The molecule has 1 N–H and O–H groups in total. The second kappa shape index (κ2) is 5.36. The Kier molecular flexibility index (Phi) is 4.02. The maximum Gasteiger partial charge on any atom is 0.152 e. The fourth-order valence-corrected chi connectivity index (χ4v) is 3.09. The van der Waals surface area contributed by atoms with Gasteiger partial charge in [-0.3, -0.25) is 0 Å². The van der Waals surface area contributed by atoms with E-state index in [4.69, 9.17) is 0 Å². The van der Waals surface area contributed by atoms with Gasteiger partial charge in [-0.05, 0) is 47.5 Å². The van der Waals surface area contributed by atoms with Crippen LogP contribution in [0.5, 0.6) is 0 Å². The van der Waals surface area contributed by atoms with E-state index in [0.717, 1.165) is 9.35 Å². The van der Waals surface area contributed by atoms with Gasteiger partial charge in [-0.15, -0.1) is 11.3 Å². The highest BCUT2D eigenvalue weighted by atomic mass is 79.9. The van der Waals surface area contributed by atoms with Crippen LogP contribution in [0.2, 0.25) is 0 Å². The Balaban J connectivity index is 2.27. The number of rotatable bonds is 3. The first-order valence-electron chi connectivity index (χ1n) is 5.44. The lowest BCUT2D eigenvalue weighted by Gasteiger charge is -2.15. The molecular formula is C13H12BrF2NS. The minimum absolute atomic E-state index is 0.0629. The van der Waals surface area contributed by atoms with Crippen LogP contribution in [0.25, 0.3) is 0 Å². The van der Waals surface area contributed by atoms with E-state index in [0.29, 0.717) is 5.56 Å². The summed E-state index contributed by atoms with van der Waals surface area (Å²) in [6.07, 6.45) is 0. The van der Waals surface area contributed by atoms with E-state index in [1.165, 1.54) is 23.5 Å². The van der Waals surface area contributed by atoms with Crippen LogP contribution >= 0.6 is 27.3 Å². The molecule has 0 saturated heterocycles. The van der Waals surface area contributed by atoms with E-state index in [9.17, 15) is 8.78 Å². The lowest BCUT2D eigenvalue weighted by Crippen LogP contribution is -2.09. The maximum atomic E-state index is 13.8. The van der Waals surface area contributed by atoms with Crippen LogP contribution in [0.1, 0.15) is 23.4 Å². The summed E-state index contributed by atoms with van der Waals surface area (Å²) in [5.41, 5.74) is 0.366. The first-order chi connectivity index (χ1) is 8.49. The Morgan fingerprint density at radius 2 is 2.06 bits per heavy atom. The van der Waals surface area contributed by atoms with Crippen molar-refractivity contribution in [2.24, 2.45) is 0 Å². The van der Waals surface area contributed by atoms with E-state index in [1.54, 1.807) is 6.92 Å². The van der Waals surface area contributed by atoms with Crippen molar-refractivity contribution in [3.05, 3.63) is 50.1 Å². The van der Waals surface area contributed by atoms with E-state index >= 15 is 0 Å². The molecule has 1 aromatic heterocycles. The van der Waals surface area contributed by atoms with E-state index in [-0.39, 0.29) is 11.7 Å². The van der Waals surface area contributed by atoms with Gasteiger partial charge in [0, 0.05) is 14.7 Å². The summed E-state index contributed by atoms with van der Waals surface area (Å²) in [7, 11) is 0. The zero-order valence-electron chi connectivity index (χ0n) is 9.93. The van der Waals surface area contributed by atoms with Crippen LogP contribution in [0.15, 0.2) is 28.1 Å². The summed E-state index contributed by atoms with van der Waals surface area (Å²) < 4.78 is 28.4. The molecule has 1 unspecified atom stereocenters. The molecule has 5 heteroatoms. The molecule has 0 fully saturated rings. The van der Waals surface area contributed by atoms with Crippen molar-refractivity contribution >= 4 is 33.0 Å². The smallest absolute Gasteiger partial charge is 0.152 e. The monoisotopic (exact) mass is 331 g/mol. The normalized spacial score (nSPS) is 12.5. The van der Waals surface area contributed by atoms with Crippen molar-refractivity contribution in [2.75, 3.05) is 5.32 Å². The average molecular weight is 332 g/mol. The molecule has 0 aliphatic carbocycles. The fourth-order valence-electron chi connectivity index (χ4n) is 1.63. The van der Waals surface area contributed by atoms with Gasteiger partial charge in [-0.2, -0.15) is 0 Å². The van der Waals surface area contributed by atoms with Crippen molar-refractivity contribution in [1.29, 1.82) is 0 Å². The van der Waals surface area contributed by atoms with Gasteiger partial charge in [0.2, 0.25) is 0 Å². The van der Waals surface area contributed by atoms with E-state index in [2.05, 4.69) is 21.2 Å². The SMILES string of the molecule is Cc1ccc(F)c(NC(C)c2cc(Br)cs2)c1F. The Morgan fingerprint density at radius 1 is 1.33 bits per heavy atom. The largest absolute Gasteiger partial charge is 0.373 e. The third-order valence-electron chi connectivity index (χ3n) is 2.66. The zero-order chi connectivity index (χ0) is 13.3. The number of anilines is 1. The standard InChI is InChI=1S/C13H12BrF2NS/c1-7-3-4-10(15)13(12(7)16)17-8(2)11-5-9(14)6-18-11/h3-6,8,17H,1-2H3. The van der Waals surface area contributed by atoms with Crippen LogP contribution in [-0.2, 0) is 0 Å². The van der Waals surface area contributed by atoms with E-state index < -0.39 is 11.6 Å². The summed E-state index contributed by atoms with van der Waals surface area (Å²) in [5, 5.41) is 4.83. The molecule has 0 amide bonds. The van der Waals surface area contributed by atoms with Gasteiger partial charge in [0.05, 0.1) is 6.04 Å². The molecule has 0 bridgehead atoms. The summed E-state index contributed by atoms with van der Waals surface area (Å²) in [5.74, 6) is -1.10. The second-order valence-corrected chi connectivity index (χ2v) is 5.95. The summed E-state index contributed by atoms with van der Waals surface area (Å²) in [4.78, 5) is 1.02. The molecule has 96 valence electrons. The molecule has 0 spiro atoms. The highest BCUT2D eigenvalue weighted by molar-refractivity contribution is 9.10. The van der Waals surface area contributed by atoms with Crippen LogP contribution in [-0.4, -0.2) is 0 Å². The Bertz CT molecular complexity index is 568. The first-order valence-corrected chi connectivity index (χ1v) is 7.11. The molecular weight excluding hydrogens is 320 g/mol. The molecule has 1 atom stereocenters. The Morgan fingerprint density at radius 3 is 2.67 bits per heavy atom. The number of thiophene rings is 1. The third kappa shape index (κ3) is 2.72. The lowest BCUT2D eigenvalue weighted by molar-refractivity contribution is 0.579. The minimum Gasteiger partial charge on any atom is -0.373 e. The molecule has 18 heavy (non-hydrogen) atoms. The Labute approximate surface area is 117 Å². The number of hydrogen-bond acceptors (Lipinski definition) is 2. The molecule has 1 aromatic carbocycles. The van der Waals surface area contributed by atoms with Gasteiger partial charge in [-0.25, -0.2) is 8.78 Å². The minimum atomic E-state index is -0.569. The van der Waals surface area contributed by atoms with Gasteiger partial charge >= 0.3 is 0 Å². The molecule has 1 nitrogen and oxygen atoms in total. The van der Waals surface area contributed by atoms with Crippen molar-refractivity contribution in [3.63, 3.8) is 0 Å². The molecule has 0 saturated carbocycles. The van der Waals surface area contributed by atoms with Crippen molar-refractivity contribution in [1.82, 2.24) is 0 Å². The number of nitrogens with one attached hydrogen (secondary N) is 1. The zero-order valence-corrected chi connectivity index (χ0v) is 12.3. The fraction of sp³-hybridized carbons (Fsp3) is 0.231. The lowest BCUT2D eigenvalue weighted by atomic mass is 10.1. The number of aryl methyl sites for hydroxylation is 1. The maximum absolute atomic E-state index is 13.8. The Hall–Kier alpha value is -0.940. The molecule has 0 aliphatic heterocycles. The van der Waals surface area contributed by atoms with Gasteiger partial charge in [0.1, 0.15) is 11.5 Å². The van der Waals surface area contributed by atoms with Crippen LogP contribution < -0.4 is 5.32 Å². The second-order valence-electron chi connectivity index (χ2n) is 4.09. The molecule has 0 radical (unpaired) electrons. The van der Waals surface area contributed by atoms with Gasteiger partial charge in [0.25, 0.3) is 0 Å². The third-order valence-corrected chi connectivity index (χ3v) is 4.54. The van der Waals surface area contributed by atoms with Crippen LogP contribution in [0.3, 0.4) is 0 Å². The predicted molar refractivity (Wildman–Crippen MR) is 75.2 cm³/mol. The summed E-state index contributed by atoms with van der Waals surface area (Å²) >= 11 is 4.90. The number of benzene rings is 1. The summed E-state index contributed by atoms with van der Waals surface area (Å²) in [6.45, 7) is 3.49. The van der Waals surface area contributed by atoms with E-state index in [1.807, 2.05) is 18.4 Å². The molecule has 0 aliphatic rings. The molecule has 1 heterocycles. The van der Waals surface area contributed by atoms with Crippen LogP contribution in [0, 0.1) is 18.6 Å². The summed E-state index contributed by atoms with van der Waals surface area (Å²) in [6, 6.07) is 4.50. The highest BCUT2D eigenvalue weighted by Gasteiger charge is 2.15. The quantitative estimate of drug-likeness (QED) is 0.807. The molecule has 2 aromatic rings. The predicted octanol–water partition coefficient (Wildman–Crippen LogP) is 5.27. The van der Waals surface area contributed by atoms with Gasteiger partial charge in [-0.1, -0.05) is 6.07 Å². The van der Waals surface area contributed by atoms with Crippen molar-refractivity contribution in [2.45, 2.75) is 19.9 Å². The van der Waals surface area contributed by atoms with Crippen molar-refractivity contribution in [3.8, 4) is 0 Å². The van der Waals surface area contributed by atoms with Crippen molar-refractivity contribution < 1.29 is 8.78 Å². The highest BCUT2D eigenvalue weighted by Crippen LogP contribution is 2.30. The average Bonchev–Trinajstić information content (AvgIpc) is 2.76. The van der Waals surface area contributed by atoms with Crippen LogP contribution in [0.4, 0.5) is 14.5 Å². The topological polar surface area (TPSA) is 12.0 Å².